The summed E-state index contributed by atoms with van der Waals surface area (Å²) in [5.74, 6) is 2.59. The van der Waals surface area contributed by atoms with Crippen molar-refractivity contribution >= 4 is 11.8 Å². The van der Waals surface area contributed by atoms with Gasteiger partial charge in [0.25, 0.3) is 5.89 Å². The Balaban J connectivity index is 1.40. The minimum Gasteiger partial charge on any atom is -0.493 e. The van der Waals surface area contributed by atoms with Crippen molar-refractivity contribution in [2.75, 3.05) is 38.3 Å². The molecule has 0 atom stereocenters. The SMILES string of the molecule is CCOc1ccc(CN(CC)C(=O)C2CCN(c3oc(-c4ccco4)nc3C#N)CC2)cc1OC. The third-order valence-electron chi connectivity index (χ3n) is 6.17. The van der Waals surface area contributed by atoms with Crippen LogP contribution in [0.4, 0.5) is 5.88 Å². The van der Waals surface area contributed by atoms with Gasteiger partial charge in [0, 0.05) is 32.1 Å². The van der Waals surface area contributed by atoms with Crippen LogP contribution in [0, 0.1) is 17.2 Å². The highest BCUT2D eigenvalue weighted by molar-refractivity contribution is 5.79. The first-order valence-corrected chi connectivity index (χ1v) is 11.9. The zero-order valence-electron chi connectivity index (χ0n) is 20.3. The Bertz CT molecular complexity index is 1170. The fourth-order valence-corrected chi connectivity index (χ4v) is 4.34. The molecule has 0 spiro atoms. The van der Waals surface area contributed by atoms with Gasteiger partial charge in [-0.15, -0.1) is 0 Å². The van der Waals surface area contributed by atoms with Gasteiger partial charge in [0.05, 0.1) is 20.0 Å². The molecule has 0 unspecified atom stereocenters. The average Bonchev–Trinajstić information content (AvgIpc) is 3.58. The number of carbonyl (C=O) groups excluding carboxylic acids is 1. The maximum atomic E-state index is 13.3. The molecule has 1 aromatic carbocycles. The fraction of sp³-hybridized carbons (Fsp3) is 0.423. The number of furan rings is 1. The van der Waals surface area contributed by atoms with Crippen molar-refractivity contribution in [2.45, 2.75) is 33.2 Å². The van der Waals surface area contributed by atoms with Gasteiger partial charge in [-0.3, -0.25) is 4.79 Å². The summed E-state index contributed by atoms with van der Waals surface area (Å²) in [6, 6.07) is 11.4. The van der Waals surface area contributed by atoms with Gasteiger partial charge in [-0.1, -0.05) is 6.07 Å². The van der Waals surface area contributed by atoms with Crippen molar-refractivity contribution in [3.63, 3.8) is 0 Å². The Kier molecular flexibility index (Phi) is 7.60. The third kappa shape index (κ3) is 5.27. The van der Waals surface area contributed by atoms with Crippen molar-refractivity contribution in [1.29, 1.82) is 5.26 Å². The zero-order valence-corrected chi connectivity index (χ0v) is 20.3. The molecule has 1 fully saturated rings. The van der Waals surface area contributed by atoms with E-state index in [-0.39, 0.29) is 23.4 Å². The van der Waals surface area contributed by atoms with E-state index in [4.69, 9.17) is 18.3 Å². The number of hydrogen-bond donors (Lipinski definition) is 0. The van der Waals surface area contributed by atoms with E-state index in [1.54, 1.807) is 19.2 Å². The molecule has 1 aliphatic heterocycles. The molecule has 4 rings (SSSR count). The van der Waals surface area contributed by atoms with Crippen molar-refractivity contribution in [1.82, 2.24) is 9.88 Å². The highest BCUT2D eigenvalue weighted by Crippen LogP contribution is 2.32. The number of amides is 1. The molecular weight excluding hydrogens is 448 g/mol. The Morgan fingerprint density at radius 1 is 1.26 bits per heavy atom. The van der Waals surface area contributed by atoms with Gasteiger partial charge in [-0.05, 0) is 56.5 Å². The van der Waals surface area contributed by atoms with E-state index < -0.39 is 0 Å². The van der Waals surface area contributed by atoms with Gasteiger partial charge in [0.2, 0.25) is 17.5 Å². The molecule has 1 amide bonds. The number of anilines is 1. The molecule has 0 radical (unpaired) electrons. The number of nitrogens with zero attached hydrogens (tertiary/aromatic N) is 4. The second kappa shape index (κ2) is 11.0. The van der Waals surface area contributed by atoms with Crippen LogP contribution >= 0.6 is 0 Å². The van der Waals surface area contributed by atoms with Gasteiger partial charge < -0.3 is 28.1 Å². The molecule has 0 bridgehead atoms. The summed E-state index contributed by atoms with van der Waals surface area (Å²) < 4.78 is 22.2. The fourth-order valence-electron chi connectivity index (χ4n) is 4.34. The number of hydrogen-bond acceptors (Lipinski definition) is 8. The van der Waals surface area contributed by atoms with Gasteiger partial charge >= 0.3 is 0 Å². The van der Waals surface area contributed by atoms with Crippen LogP contribution < -0.4 is 14.4 Å². The number of oxazole rings is 1. The molecule has 3 aromatic rings. The molecule has 1 saturated heterocycles. The zero-order chi connectivity index (χ0) is 24.8. The molecular formula is C26H30N4O5. The lowest BCUT2D eigenvalue weighted by molar-refractivity contribution is -0.136. The quantitative estimate of drug-likeness (QED) is 0.443. The van der Waals surface area contributed by atoms with Gasteiger partial charge in [-0.25, -0.2) is 0 Å². The largest absolute Gasteiger partial charge is 0.493 e. The number of carbonyl (C=O) groups is 1. The second-order valence-corrected chi connectivity index (χ2v) is 8.29. The Hall–Kier alpha value is -3.93. The van der Waals surface area contributed by atoms with E-state index in [0.29, 0.717) is 68.8 Å². The van der Waals surface area contributed by atoms with Crippen LogP contribution in [0.25, 0.3) is 11.7 Å². The molecule has 2 aromatic heterocycles. The Morgan fingerprint density at radius 3 is 2.69 bits per heavy atom. The van der Waals surface area contributed by atoms with E-state index in [1.807, 2.05) is 41.8 Å². The van der Waals surface area contributed by atoms with Crippen molar-refractivity contribution in [3.05, 3.63) is 47.9 Å². The molecule has 1 aliphatic rings. The average molecular weight is 479 g/mol. The lowest BCUT2D eigenvalue weighted by Crippen LogP contribution is -2.42. The standard InChI is InChI=1S/C26H30N4O5/c1-4-29(17-18-8-9-21(33-5-2)23(15-18)32-3)25(31)19-10-12-30(13-11-19)26-20(16-27)28-24(35-26)22-7-6-14-34-22/h6-9,14-15,19H,4-5,10-13,17H2,1-3H3. The van der Waals surface area contributed by atoms with Gasteiger partial charge in [0.1, 0.15) is 6.07 Å². The number of rotatable bonds is 9. The molecule has 0 saturated carbocycles. The van der Waals surface area contributed by atoms with E-state index in [1.165, 1.54) is 6.26 Å². The number of nitriles is 1. The van der Waals surface area contributed by atoms with Crippen molar-refractivity contribution < 1.29 is 23.1 Å². The summed E-state index contributed by atoms with van der Waals surface area (Å²) >= 11 is 0. The highest BCUT2D eigenvalue weighted by Gasteiger charge is 2.31. The van der Waals surface area contributed by atoms with Crippen LogP contribution in [0.3, 0.4) is 0 Å². The predicted octanol–water partition coefficient (Wildman–Crippen LogP) is 4.48. The normalized spacial score (nSPS) is 13.9. The monoisotopic (exact) mass is 478 g/mol. The van der Waals surface area contributed by atoms with Crippen LogP contribution in [0.1, 0.15) is 37.9 Å². The summed E-state index contributed by atoms with van der Waals surface area (Å²) in [5.41, 5.74) is 1.21. The van der Waals surface area contributed by atoms with E-state index in [9.17, 15) is 10.1 Å². The van der Waals surface area contributed by atoms with Crippen molar-refractivity contribution in [2.24, 2.45) is 5.92 Å². The lowest BCUT2D eigenvalue weighted by Gasteiger charge is -2.34. The molecule has 9 heteroatoms. The van der Waals surface area contributed by atoms with Crippen LogP contribution in [0.5, 0.6) is 11.5 Å². The molecule has 35 heavy (non-hydrogen) atoms. The van der Waals surface area contributed by atoms with Crippen molar-refractivity contribution in [3.8, 4) is 29.2 Å². The first-order valence-electron chi connectivity index (χ1n) is 11.9. The van der Waals surface area contributed by atoms with Crippen LogP contribution in [0.15, 0.2) is 45.4 Å². The Morgan fingerprint density at radius 2 is 2.06 bits per heavy atom. The van der Waals surface area contributed by atoms with Gasteiger partial charge in [-0.2, -0.15) is 10.2 Å². The number of ether oxygens (including phenoxy) is 2. The number of benzene rings is 1. The first-order chi connectivity index (χ1) is 17.1. The second-order valence-electron chi connectivity index (χ2n) is 8.29. The first kappa shape index (κ1) is 24.2. The minimum atomic E-state index is -0.0891. The topological polar surface area (TPSA) is 105 Å². The summed E-state index contributed by atoms with van der Waals surface area (Å²) in [6.45, 7) is 6.80. The maximum Gasteiger partial charge on any atom is 0.266 e. The third-order valence-corrected chi connectivity index (χ3v) is 6.17. The summed E-state index contributed by atoms with van der Waals surface area (Å²) in [5, 5.41) is 9.52. The number of aromatic nitrogens is 1. The van der Waals surface area contributed by atoms with Crippen LogP contribution in [0.2, 0.25) is 0 Å². The van der Waals surface area contributed by atoms with Gasteiger partial charge in [0.15, 0.2) is 17.3 Å². The predicted molar refractivity (Wildman–Crippen MR) is 129 cm³/mol. The molecule has 3 heterocycles. The van der Waals surface area contributed by atoms with Crippen LogP contribution in [-0.2, 0) is 11.3 Å². The molecule has 0 N–H and O–H groups in total. The maximum absolute atomic E-state index is 13.3. The number of methoxy groups -OCH3 is 1. The molecule has 0 aliphatic carbocycles. The minimum absolute atomic E-state index is 0.0891. The summed E-state index contributed by atoms with van der Waals surface area (Å²) in [4.78, 5) is 21.5. The lowest BCUT2D eigenvalue weighted by atomic mass is 9.95. The smallest absolute Gasteiger partial charge is 0.266 e. The number of piperidine rings is 1. The Labute approximate surface area is 204 Å². The van der Waals surface area contributed by atoms with E-state index in [2.05, 4.69) is 11.1 Å². The molecule has 184 valence electrons. The van der Waals surface area contributed by atoms with E-state index in [0.717, 1.165) is 5.56 Å². The van der Waals surface area contributed by atoms with Crippen LogP contribution in [-0.4, -0.2) is 49.1 Å². The molecule has 9 nitrogen and oxygen atoms in total. The summed E-state index contributed by atoms with van der Waals surface area (Å²) in [7, 11) is 1.61. The summed E-state index contributed by atoms with van der Waals surface area (Å²) in [6.07, 6.45) is 2.87. The highest BCUT2D eigenvalue weighted by atomic mass is 16.5. The van der Waals surface area contributed by atoms with E-state index >= 15 is 0 Å².